The van der Waals surface area contributed by atoms with E-state index in [1.165, 1.54) is 12.1 Å². The highest BCUT2D eigenvalue weighted by atomic mass is 79.9. The van der Waals surface area contributed by atoms with Gasteiger partial charge in [-0.2, -0.15) is 5.26 Å². The molecule has 0 heterocycles. The van der Waals surface area contributed by atoms with Crippen LogP contribution < -0.4 is 5.32 Å². The summed E-state index contributed by atoms with van der Waals surface area (Å²) in [5, 5.41) is 12.0. The van der Waals surface area contributed by atoms with Gasteiger partial charge in [-0.15, -0.1) is 0 Å². The van der Waals surface area contributed by atoms with Crippen molar-refractivity contribution in [3.8, 4) is 6.07 Å². The van der Waals surface area contributed by atoms with Crippen molar-refractivity contribution < 1.29 is 4.39 Å². The van der Waals surface area contributed by atoms with Crippen LogP contribution in [0.2, 0.25) is 0 Å². The zero-order chi connectivity index (χ0) is 13.1. The Morgan fingerprint density at radius 3 is 2.50 bits per heavy atom. The van der Waals surface area contributed by atoms with Gasteiger partial charge in [0.2, 0.25) is 0 Å². The predicted molar refractivity (Wildman–Crippen MR) is 73.3 cm³/mol. The molecule has 18 heavy (non-hydrogen) atoms. The normalized spacial score (nSPS) is 9.89. The Kier molecular flexibility index (Phi) is 3.63. The highest BCUT2D eigenvalue weighted by molar-refractivity contribution is 9.10. The molecule has 0 aromatic heterocycles. The maximum atomic E-state index is 13.3. The van der Waals surface area contributed by atoms with Crippen LogP contribution in [0.3, 0.4) is 0 Å². The number of hydrogen-bond donors (Lipinski definition) is 1. The van der Waals surface area contributed by atoms with E-state index in [2.05, 4.69) is 27.3 Å². The van der Waals surface area contributed by atoms with Crippen LogP contribution in [-0.4, -0.2) is 0 Å². The fraction of sp³-hybridized carbons (Fsp3) is 0.0714. The van der Waals surface area contributed by atoms with Crippen molar-refractivity contribution in [1.29, 1.82) is 5.26 Å². The van der Waals surface area contributed by atoms with Crippen molar-refractivity contribution in [3.05, 3.63) is 57.8 Å². The van der Waals surface area contributed by atoms with Crippen LogP contribution in [0.5, 0.6) is 0 Å². The molecule has 2 nitrogen and oxygen atoms in total. The smallest absolute Gasteiger partial charge is 0.125 e. The molecule has 0 atom stereocenters. The number of nitrogens with one attached hydrogen (secondary N) is 1. The minimum atomic E-state index is -0.284. The van der Waals surface area contributed by atoms with Crippen molar-refractivity contribution in [3.63, 3.8) is 0 Å². The average molecular weight is 305 g/mol. The van der Waals surface area contributed by atoms with Crippen molar-refractivity contribution in [2.75, 3.05) is 5.32 Å². The molecule has 1 N–H and O–H groups in total. The highest BCUT2D eigenvalue weighted by Gasteiger charge is 2.02. The Morgan fingerprint density at radius 1 is 1.11 bits per heavy atom. The number of hydrogen-bond acceptors (Lipinski definition) is 2. The summed E-state index contributed by atoms with van der Waals surface area (Å²) in [4.78, 5) is 0. The van der Waals surface area contributed by atoms with Gasteiger partial charge in [0.15, 0.2) is 0 Å². The maximum absolute atomic E-state index is 13.3. The van der Waals surface area contributed by atoms with Crippen LogP contribution >= 0.6 is 15.9 Å². The van der Waals surface area contributed by atoms with E-state index in [4.69, 9.17) is 5.26 Å². The van der Waals surface area contributed by atoms with E-state index in [1.54, 1.807) is 12.1 Å². The molecule has 0 aliphatic carbocycles. The van der Waals surface area contributed by atoms with Gasteiger partial charge in [-0.1, -0.05) is 15.9 Å². The van der Waals surface area contributed by atoms with Crippen molar-refractivity contribution >= 4 is 27.3 Å². The van der Waals surface area contributed by atoms with Gasteiger partial charge >= 0.3 is 0 Å². The molecule has 0 aliphatic heterocycles. The molecule has 0 fully saturated rings. The van der Waals surface area contributed by atoms with Crippen molar-refractivity contribution in [2.24, 2.45) is 0 Å². The lowest BCUT2D eigenvalue weighted by Gasteiger charge is -2.08. The van der Waals surface area contributed by atoms with Gasteiger partial charge in [0, 0.05) is 15.8 Å². The number of anilines is 2. The molecule has 0 amide bonds. The van der Waals surface area contributed by atoms with E-state index in [0.717, 1.165) is 15.7 Å². The van der Waals surface area contributed by atoms with E-state index >= 15 is 0 Å². The molecular formula is C14H10BrFN2. The fourth-order valence-electron chi connectivity index (χ4n) is 1.70. The zero-order valence-corrected chi connectivity index (χ0v) is 11.3. The fourth-order valence-corrected chi connectivity index (χ4v) is 2.19. The molecule has 0 bridgehead atoms. The van der Waals surface area contributed by atoms with Crippen LogP contribution in [0.15, 0.2) is 40.9 Å². The van der Waals surface area contributed by atoms with E-state index in [0.29, 0.717) is 11.3 Å². The maximum Gasteiger partial charge on any atom is 0.125 e. The molecule has 0 saturated carbocycles. The third-order valence-electron chi connectivity index (χ3n) is 2.36. The third-order valence-corrected chi connectivity index (χ3v) is 2.82. The second-order valence-corrected chi connectivity index (χ2v) is 4.90. The molecule has 0 spiro atoms. The van der Waals surface area contributed by atoms with Crippen LogP contribution in [0.4, 0.5) is 15.8 Å². The van der Waals surface area contributed by atoms with Crippen LogP contribution in [0.1, 0.15) is 11.1 Å². The van der Waals surface area contributed by atoms with E-state index < -0.39 is 0 Å². The molecule has 2 aromatic carbocycles. The van der Waals surface area contributed by atoms with Gasteiger partial charge in [0.05, 0.1) is 11.6 Å². The van der Waals surface area contributed by atoms with Gasteiger partial charge in [-0.3, -0.25) is 0 Å². The average Bonchev–Trinajstić information content (AvgIpc) is 2.26. The van der Waals surface area contributed by atoms with Gasteiger partial charge in [-0.05, 0) is 48.9 Å². The Morgan fingerprint density at radius 2 is 1.83 bits per heavy atom. The van der Waals surface area contributed by atoms with E-state index in [9.17, 15) is 4.39 Å². The first-order valence-electron chi connectivity index (χ1n) is 5.32. The summed E-state index contributed by atoms with van der Waals surface area (Å²) in [5.74, 6) is -0.284. The van der Waals surface area contributed by atoms with Crippen molar-refractivity contribution in [2.45, 2.75) is 6.92 Å². The summed E-state index contributed by atoms with van der Waals surface area (Å²) in [6.07, 6.45) is 0. The first-order valence-corrected chi connectivity index (χ1v) is 6.11. The second-order valence-electron chi connectivity index (χ2n) is 3.98. The zero-order valence-electron chi connectivity index (χ0n) is 9.67. The third kappa shape index (κ3) is 3.08. The van der Waals surface area contributed by atoms with Crippen LogP contribution in [0, 0.1) is 24.1 Å². The van der Waals surface area contributed by atoms with Gasteiger partial charge in [0.25, 0.3) is 0 Å². The number of benzene rings is 2. The number of rotatable bonds is 2. The molecule has 0 unspecified atom stereocenters. The molecule has 2 rings (SSSR count). The van der Waals surface area contributed by atoms with Crippen molar-refractivity contribution in [1.82, 2.24) is 0 Å². The molecule has 0 radical (unpaired) electrons. The van der Waals surface area contributed by atoms with Gasteiger partial charge in [0.1, 0.15) is 5.82 Å². The lowest BCUT2D eigenvalue weighted by molar-refractivity contribution is 0.627. The van der Waals surface area contributed by atoms with Gasteiger partial charge < -0.3 is 5.32 Å². The SMILES string of the molecule is Cc1cc(F)cc(Nc2cc(Br)cc(C#N)c2)c1. The van der Waals surface area contributed by atoms with Gasteiger partial charge in [-0.25, -0.2) is 4.39 Å². The molecule has 0 saturated heterocycles. The second kappa shape index (κ2) is 5.19. The number of nitrogens with zero attached hydrogens (tertiary/aromatic N) is 1. The monoisotopic (exact) mass is 304 g/mol. The molecule has 4 heteroatoms. The van der Waals surface area contributed by atoms with E-state index in [1.807, 2.05) is 19.1 Å². The Bertz CT molecular complexity index is 612. The van der Waals surface area contributed by atoms with E-state index in [-0.39, 0.29) is 5.82 Å². The summed E-state index contributed by atoms with van der Waals surface area (Å²) in [5.41, 5.74) is 2.79. The molecular weight excluding hydrogens is 295 g/mol. The summed E-state index contributed by atoms with van der Waals surface area (Å²) in [6, 6.07) is 12.1. The predicted octanol–water partition coefficient (Wildman–Crippen LogP) is 4.51. The summed E-state index contributed by atoms with van der Waals surface area (Å²) in [6.45, 7) is 1.83. The quantitative estimate of drug-likeness (QED) is 0.886. The Labute approximate surface area is 113 Å². The largest absolute Gasteiger partial charge is 0.355 e. The Balaban J connectivity index is 2.34. The summed E-state index contributed by atoms with van der Waals surface area (Å²) >= 11 is 3.33. The summed E-state index contributed by atoms with van der Waals surface area (Å²) in [7, 11) is 0. The lowest BCUT2D eigenvalue weighted by atomic mass is 10.2. The minimum Gasteiger partial charge on any atom is -0.355 e. The number of nitriles is 1. The molecule has 90 valence electrons. The highest BCUT2D eigenvalue weighted by Crippen LogP contribution is 2.23. The van der Waals surface area contributed by atoms with Crippen LogP contribution in [-0.2, 0) is 0 Å². The molecule has 2 aromatic rings. The number of aryl methyl sites for hydroxylation is 1. The minimum absolute atomic E-state index is 0.284. The number of halogens is 2. The van der Waals surface area contributed by atoms with Crippen LogP contribution in [0.25, 0.3) is 0 Å². The first kappa shape index (κ1) is 12.6. The standard InChI is InChI=1S/C14H10BrFN2/c1-9-2-12(16)7-13(3-9)18-14-5-10(8-17)4-11(15)6-14/h2-7,18H,1H3. The lowest BCUT2D eigenvalue weighted by Crippen LogP contribution is -1.93. The topological polar surface area (TPSA) is 35.8 Å². The Hall–Kier alpha value is -1.86. The molecule has 0 aliphatic rings. The first-order chi connectivity index (χ1) is 8.56. The summed E-state index contributed by atoms with van der Waals surface area (Å²) < 4.78 is 14.1.